The van der Waals surface area contributed by atoms with Crippen LogP contribution in [0.2, 0.25) is 0 Å². The Kier molecular flexibility index (Phi) is 3.62. The van der Waals surface area contributed by atoms with Gasteiger partial charge in [0.15, 0.2) is 0 Å². The number of benzene rings is 1. The molecule has 1 aliphatic heterocycles. The third-order valence-electron chi connectivity index (χ3n) is 4.44. The molecule has 0 radical (unpaired) electrons. The molecule has 0 unspecified atom stereocenters. The molecule has 3 rings (SSSR count). The SMILES string of the molecule is CC1(C)CN(CCc2ncc[nH]2)C[C@H]1c1ccccc1. The number of nitrogens with one attached hydrogen (secondary N) is 1. The molecule has 1 aliphatic rings. The van der Waals surface area contributed by atoms with Crippen molar-refractivity contribution < 1.29 is 0 Å². The van der Waals surface area contributed by atoms with Crippen LogP contribution in [0.3, 0.4) is 0 Å². The number of aromatic amines is 1. The normalized spacial score (nSPS) is 22.2. The second kappa shape index (κ2) is 5.41. The monoisotopic (exact) mass is 269 g/mol. The first-order valence-electron chi connectivity index (χ1n) is 7.41. The lowest BCUT2D eigenvalue weighted by Gasteiger charge is -2.26. The molecular weight excluding hydrogens is 246 g/mol. The van der Waals surface area contributed by atoms with E-state index in [4.69, 9.17) is 0 Å². The number of nitrogens with zero attached hydrogens (tertiary/aromatic N) is 2. The van der Waals surface area contributed by atoms with Gasteiger partial charge in [0, 0.05) is 44.4 Å². The van der Waals surface area contributed by atoms with Gasteiger partial charge in [-0.1, -0.05) is 44.2 Å². The smallest absolute Gasteiger partial charge is 0.107 e. The van der Waals surface area contributed by atoms with Crippen LogP contribution in [0.4, 0.5) is 0 Å². The minimum absolute atomic E-state index is 0.338. The second-order valence-electron chi connectivity index (χ2n) is 6.47. The molecule has 20 heavy (non-hydrogen) atoms. The Labute approximate surface area is 121 Å². The van der Waals surface area contributed by atoms with Gasteiger partial charge >= 0.3 is 0 Å². The maximum atomic E-state index is 4.31. The summed E-state index contributed by atoms with van der Waals surface area (Å²) in [6, 6.07) is 10.9. The fraction of sp³-hybridized carbons (Fsp3) is 0.471. The molecule has 0 saturated carbocycles. The third kappa shape index (κ3) is 2.78. The van der Waals surface area contributed by atoms with Crippen LogP contribution in [0.5, 0.6) is 0 Å². The standard InChI is InChI=1S/C17H23N3/c1-17(2)13-20(11-8-16-18-9-10-19-16)12-15(17)14-6-4-3-5-7-14/h3-7,9-10,15H,8,11-13H2,1-2H3,(H,18,19)/t15-/m0/s1. The summed E-state index contributed by atoms with van der Waals surface area (Å²) in [5, 5.41) is 0. The fourth-order valence-electron chi connectivity index (χ4n) is 3.37. The van der Waals surface area contributed by atoms with Crippen LogP contribution in [0.1, 0.15) is 31.2 Å². The molecule has 0 aliphatic carbocycles. The first-order chi connectivity index (χ1) is 9.65. The van der Waals surface area contributed by atoms with E-state index >= 15 is 0 Å². The van der Waals surface area contributed by atoms with Crippen LogP contribution in [0, 0.1) is 5.41 Å². The minimum atomic E-state index is 0.338. The number of H-pyrrole nitrogens is 1. The van der Waals surface area contributed by atoms with E-state index in [0.29, 0.717) is 11.3 Å². The van der Waals surface area contributed by atoms with Crippen molar-refractivity contribution in [2.24, 2.45) is 5.41 Å². The van der Waals surface area contributed by atoms with E-state index in [1.54, 1.807) is 0 Å². The molecular formula is C17H23N3. The van der Waals surface area contributed by atoms with Crippen molar-refractivity contribution >= 4 is 0 Å². The Morgan fingerprint density at radius 3 is 2.80 bits per heavy atom. The van der Waals surface area contributed by atoms with Crippen LogP contribution in [-0.4, -0.2) is 34.5 Å². The molecule has 1 aromatic carbocycles. The van der Waals surface area contributed by atoms with Gasteiger partial charge in [0.2, 0.25) is 0 Å². The molecule has 1 N–H and O–H groups in total. The van der Waals surface area contributed by atoms with Gasteiger partial charge in [0.25, 0.3) is 0 Å². The number of hydrogen-bond acceptors (Lipinski definition) is 2. The van der Waals surface area contributed by atoms with Crippen molar-refractivity contribution in [1.82, 2.24) is 14.9 Å². The van der Waals surface area contributed by atoms with Crippen molar-refractivity contribution in [3.05, 3.63) is 54.1 Å². The Bertz CT molecular complexity index is 531. The van der Waals surface area contributed by atoms with Gasteiger partial charge in [-0.3, -0.25) is 0 Å². The molecule has 3 heteroatoms. The Balaban J connectivity index is 1.66. The lowest BCUT2D eigenvalue weighted by Crippen LogP contribution is -2.25. The van der Waals surface area contributed by atoms with Crippen molar-refractivity contribution in [1.29, 1.82) is 0 Å². The zero-order valence-electron chi connectivity index (χ0n) is 12.3. The highest BCUT2D eigenvalue weighted by molar-refractivity contribution is 5.24. The molecule has 3 nitrogen and oxygen atoms in total. The molecule has 106 valence electrons. The largest absolute Gasteiger partial charge is 0.349 e. The lowest BCUT2D eigenvalue weighted by atomic mass is 9.78. The highest BCUT2D eigenvalue weighted by Gasteiger charge is 2.39. The van der Waals surface area contributed by atoms with Crippen molar-refractivity contribution in [2.45, 2.75) is 26.2 Å². The minimum Gasteiger partial charge on any atom is -0.349 e. The van der Waals surface area contributed by atoms with Gasteiger partial charge in [-0.15, -0.1) is 0 Å². The summed E-state index contributed by atoms with van der Waals surface area (Å²) in [5.41, 5.74) is 1.81. The molecule has 1 fully saturated rings. The van der Waals surface area contributed by atoms with E-state index in [-0.39, 0.29) is 0 Å². The summed E-state index contributed by atoms with van der Waals surface area (Å²) in [6.45, 7) is 8.17. The molecule has 1 atom stereocenters. The number of rotatable bonds is 4. The highest BCUT2D eigenvalue weighted by atomic mass is 15.2. The van der Waals surface area contributed by atoms with Crippen molar-refractivity contribution in [3.8, 4) is 0 Å². The summed E-state index contributed by atoms with van der Waals surface area (Å²) in [5.74, 6) is 1.71. The van der Waals surface area contributed by atoms with E-state index in [0.717, 1.165) is 31.9 Å². The zero-order chi connectivity index (χ0) is 14.0. The van der Waals surface area contributed by atoms with Gasteiger partial charge in [0.1, 0.15) is 5.82 Å². The van der Waals surface area contributed by atoms with Gasteiger partial charge < -0.3 is 9.88 Å². The second-order valence-corrected chi connectivity index (χ2v) is 6.47. The molecule has 0 spiro atoms. The van der Waals surface area contributed by atoms with Gasteiger partial charge in [-0.05, 0) is 11.0 Å². The number of hydrogen-bond donors (Lipinski definition) is 1. The summed E-state index contributed by atoms with van der Waals surface area (Å²) in [4.78, 5) is 10.1. The summed E-state index contributed by atoms with van der Waals surface area (Å²) in [6.07, 6.45) is 4.73. The third-order valence-corrected chi connectivity index (χ3v) is 4.44. The van der Waals surface area contributed by atoms with E-state index in [9.17, 15) is 0 Å². The lowest BCUT2D eigenvalue weighted by molar-refractivity contribution is 0.289. The predicted molar refractivity (Wildman–Crippen MR) is 81.7 cm³/mol. The quantitative estimate of drug-likeness (QED) is 0.925. The Morgan fingerprint density at radius 1 is 1.30 bits per heavy atom. The van der Waals surface area contributed by atoms with Crippen molar-refractivity contribution in [2.75, 3.05) is 19.6 Å². The topological polar surface area (TPSA) is 31.9 Å². The summed E-state index contributed by atoms with van der Waals surface area (Å²) in [7, 11) is 0. The maximum Gasteiger partial charge on any atom is 0.107 e. The van der Waals surface area contributed by atoms with E-state index in [1.165, 1.54) is 5.56 Å². The van der Waals surface area contributed by atoms with Crippen LogP contribution >= 0.6 is 0 Å². The number of likely N-dealkylation sites (tertiary alicyclic amines) is 1. The van der Waals surface area contributed by atoms with Gasteiger partial charge in [-0.25, -0.2) is 4.98 Å². The summed E-state index contributed by atoms with van der Waals surface area (Å²) < 4.78 is 0. The maximum absolute atomic E-state index is 4.31. The van der Waals surface area contributed by atoms with Crippen LogP contribution in [-0.2, 0) is 6.42 Å². The first kappa shape index (κ1) is 13.4. The Morgan fingerprint density at radius 2 is 2.10 bits per heavy atom. The molecule has 0 amide bonds. The average molecular weight is 269 g/mol. The van der Waals surface area contributed by atoms with E-state index < -0.39 is 0 Å². The molecule has 2 aromatic rings. The first-order valence-corrected chi connectivity index (χ1v) is 7.41. The number of aromatic nitrogens is 2. The van der Waals surface area contributed by atoms with Crippen LogP contribution in [0.25, 0.3) is 0 Å². The van der Waals surface area contributed by atoms with Crippen molar-refractivity contribution in [3.63, 3.8) is 0 Å². The molecule has 0 bridgehead atoms. The van der Waals surface area contributed by atoms with Crippen LogP contribution in [0.15, 0.2) is 42.7 Å². The fourth-order valence-corrected chi connectivity index (χ4v) is 3.37. The predicted octanol–water partition coefficient (Wildman–Crippen LogP) is 3.08. The van der Waals surface area contributed by atoms with E-state index in [1.807, 2.05) is 12.4 Å². The van der Waals surface area contributed by atoms with Gasteiger partial charge in [0.05, 0.1) is 0 Å². The molecule has 1 aromatic heterocycles. The Hall–Kier alpha value is -1.61. The highest BCUT2D eigenvalue weighted by Crippen LogP contribution is 2.42. The zero-order valence-corrected chi connectivity index (χ0v) is 12.3. The van der Waals surface area contributed by atoms with Crippen LogP contribution < -0.4 is 0 Å². The molecule has 1 saturated heterocycles. The summed E-state index contributed by atoms with van der Waals surface area (Å²) >= 11 is 0. The van der Waals surface area contributed by atoms with Gasteiger partial charge in [-0.2, -0.15) is 0 Å². The van der Waals surface area contributed by atoms with E-state index in [2.05, 4.69) is 59.0 Å². The number of imidazole rings is 1. The molecule has 2 heterocycles. The average Bonchev–Trinajstić information content (AvgIpc) is 3.04.